The molecule has 1 spiro atoms. The maximum absolute atomic E-state index is 12.7. The van der Waals surface area contributed by atoms with Crippen molar-refractivity contribution in [3.63, 3.8) is 0 Å². The Kier molecular flexibility index (Phi) is 4.75. The van der Waals surface area contributed by atoms with E-state index in [0.717, 1.165) is 40.7 Å². The van der Waals surface area contributed by atoms with Crippen LogP contribution in [0.25, 0.3) is 16.7 Å². The number of benzene rings is 2. The summed E-state index contributed by atoms with van der Waals surface area (Å²) >= 11 is 6.01. The Bertz CT molecular complexity index is 964. The first-order chi connectivity index (χ1) is 13.3. The van der Waals surface area contributed by atoms with Gasteiger partial charge in [-0.05, 0) is 85.4 Å². The van der Waals surface area contributed by atoms with Gasteiger partial charge in [0.2, 0.25) is 0 Å². The number of hydrogen-bond acceptors (Lipinski definition) is 3. The smallest absolute Gasteiger partial charge is 0.343 e. The summed E-state index contributed by atoms with van der Waals surface area (Å²) in [5, 5.41) is 11.7. The van der Waals surface area contributed by atoms with E-state index in [1.54, 1.807) is 0 Å². The number of hydrogen-bond donors (Lipinski definition) is 1. The molecule has 0 saturated heterocycles. The highest BCUT2D eigenvalue weighted by Crippen LogP contribution is 2.47. The van der Waals surface area contributed by atoms with E-state index >= 15 is 0 Å². The number of esters is 1. The van der Waals surface area contributed by atoms with E-state index in [1.807, 2.05) is 44.2 Å². The summed E-state index contributed by atoms with van der Waals surface area (Å²) in [4.78, 5) is 12.7. The number of ether oxygens (including phenoxy) is 1. The van der Waals surface area contributed by atoms with Gasteiger partial charge in [-0.2, -0.15) is 0 Å². The van der Waals surface area contributed by atoms with Crippen molar-refractivity contribution >= 4 is 23.1 Å². The highest BCUT2D eigenvalue weighted by molar-refractivity contribution is 6.30. The van der Waals surface area contributed by atoms with Crippen LogP contribution in [0.15, 0.2) is 42.2 Å². The van der Waals surface area contributed by atoms with Crippen LogP contribution >= 0.6 is 11.6 Å². The molecule has 2 aromatic carbocycles. The van der Waals surface area contributed by atoms with Gasteiger partial charge in [0.15, 0.2) is 11.4 Å². The molecule has 28 heavy (non-hydrogen) atoms. The summed E-state index contributed by atoms with van der Waals surface area (Å²) in [6.07, 6.45) is 3.29. The van der Waals surface area contributed by atoms with Gasteiger partial charge < -0.3 is 9.84 Å². The van der Waals surface area contributed by atoms with Gasteiger partial charge in [0.25, 0.3) is 0 Å². The standard InChI is InChI=1S/C24H25ClO3/c1-14-8-10-24(11-9-14)22(26)21(23(27)28-24)20-13-15(2)19(12-16(20)3)17-4-6-18(25)7-5-17/h4-7,12-14,26H,8-11H2,1-3H3. The molecule has 0 radical (unpaired) electrons. The van der Waals surface area contributed by atoms with E-state index in [9.17, 15) is 9.90 Å². The van der Waals surface area contributed by atoms with E-state index in [-0.39, 0.29) is 5.76 Å². The molecule has 0 amide bonds. The van der Waals surface area contributed by atoms with Crippen LogP contribution in [0.3, 0.4) is 0 Å². The van der Waals surface area contributed by atoms with Crippen molar-refractivity contribution in [1.29, 1.82) is 0 Å². The Hall–Kier alpha value is -2.26. The lowest BCUT2D eigenvalue weighted by molar-refractivity contribution is -0.150. The third kappa shape index (κ3) is 3.12. The molecule has 1 fully saturated rings. The molecule has 4 heteroatoms. The summed E-state index contributed by atoms with van der Waals surface area (Å²) in [6, 6.07) is 11.8. The van der Waals surface area contributed by atoms with Gasteiger partial charge in [0.05, 0.1) is 0 Å². The van der Waals surface area contributed by atoms with Gasteiger partial charge in [0, 0.05) is 5.02 Å². The van der Waals surface area contributed by atoms with Crippen LogP contribution in [-0.2, 0) is 9.53 Å². The van der Waals surface area contributed by atoms with Gasteiger partial charge >= 0.3 is 5.97 Å². The Morgan fingerprint density at radius 2 is 1.61 bits per heavy atom. The summed E-state index contributed by atoms with van der Waals surface area (Å²) < 4.78 is 5.76. The number of rotatable bonds is 2. The topological polar surface area (TPSA) is 46.5 Å². The van der Waals surface area contributed by atoms with Gasteiger partial charge in [0.1, 0.15) is 5.57 Å². The fourth-order valence-corrected chi connectivity index (χ4v) is 4.56. The second-order valence-corrected chi connectivity index (χ2v) is 8.72. The molecule has 2 aliphatic rings. The summed E-state index contributed by atoms with van der Waals surface area (Å²) in [7, 11) is 0. The SMILES string of the molecule is Cc1cc(-c2ccc(Cl)cc2)c(C)cc1C1=C(O)C2(CCC(C)CC2)OC1=O. The van der Waals surface area contributed by atoms with Crippen LogP contribution in [0.1, 0.15) is 49.3 Å². The number of carbonyl (C=O) groups excluding carboxylic acids is 1. The summed E-state index contributed by atoms with van der Waals surface area (Å²) in [6.45, 7) is 6.19. The molecule has 1 aliphatic heterocycles. The van der Waals surface area contributed by atoms with Crippen molar-refractivity contribution in [3.05, 3.63) is 63.9 Å². The van der Waals surface area contributed by atoms with Crippen molar-refractivity contribution in [2.24, 2.45) is 5.92 Å². The molecule has 1 aliphatic carbocycles. The third-order valence-corrected chi connectivity index (χ3v) is 6.49. The molecule has 1 N–H and O–H groups in total. The predicted octanol–water partition coefficient (Wildman–Crippen LogP) is 6.40. The summed E-state index contributed by atoms with van der Waals surface area (Å²) in [5.74, 6) is 0.309. The van der Waals surface area contributed by atoms with Crippen LogP contribution in [0.2, 0.25) is 5.02 Å². The highest BCUT2D eigenvalue weighted by atomic mass is 35.5. The normalized spacial score (nSPS) is 24.7. The average molecular weight is 397 g/mol. The molecular formula is C24H25ClO3. The van der Waals surface area contributed by atoms with Crippen LogP contribution in [0, 0.1) is 19.8 Å². The maximum Gasteiger partial charge on any atom is 0.343 e. The lowest BCUT2D eigenvalue weighted by Gasteiger charge is -2.34. The minimum atomic E-state index is -0.825. The molecule has 1 saturated carbocycles. The van der Waals surface area contributed by atoms with Crippen molar-refractivity contribution < 1.29 is 14.6 Å². The second-order valence-electron chi connectivity index (χ2n) is 8.28. The van der Waals surface area contributed by atoms with Crippen LogP contribution < -0.4 is 0 Å². The minimum absolute atomic E-state index is 0.117. The van der Waals surface area contributed by atoms with Crippen molar-refractivity contribution in [2.75, 3.05) is 0 Å². The Balaban J connectivity index is 1.77. The zero-order valence-corrected chi connectivity index (χ0v) is 17.3. The van der Waals surface area contributed by atoms with Crippen molar-refractivity contribution in [3.8, 4) is 11.1 Å². The van der Waals surface area contributed by atoms with Crippen molar-refractivity contribution in [2.45, 2.75) is 52.1 Å². The first-order valence-corrected chi connectivity index (χ1v) is 10.2. The molecule has 0 aromatic heterocycles. The first-order valence-electron chi connectivity index (χ1n) is 9.85. The lowest BCUT2D eigenvalue weighted by Crippen LogP contribution is -2.36. The second kappa shape index (κ2) is 6.97. The largest absolute Gasteiger partial charge is 0.507 e. The lowest BCUT2D eigenvalue weighted by atomic mass is 9.78. The zero-order chi connectivity index (χ0) is 20.1. The summed E-state index contributed by atoms with van der Waals surface area (Å²) in [5.41, 5.74) is 4.40. The predicted molar refractivity (Wildman–Crippen MR) is 112 cm³/mol. The van der Waals surface area contributed by atoms with Gasteiger partial charge in [-0.15, -0.1) is 0 Å². The monoisotopic (exact) mass is 396 g/mol. The van der Waals surface area contributed by atoms with E-state index in [0.29, 0.717) is 29.4 Å². The van der Waals surface area contributed by atoms with E-state index in [1.165, 1.54) is 0 Å². The molecule has 1 heterocycles. The average Bonchev–Trinajstić information content (AvgIpc) is 2.90. The molecule has 0 unspecified atom stereocenters. The first kappa shape index (κ1) is 19.1. The molecule has 4 rings (SSSR count). The Morgan fingerprint density at radius 3 is 2.25 bits per heavy atom. The number of halogens is 1. The van der Waals surface area contributed by atoms with E-state index < -0.39 is 11.6 Å². The van der Waals surface area contributed by atoms with Gasteiger partial charge in [-0.25, -0.2) is 4.79 Å². The zero-order valence-electron chi connectivity index (χ0n) is 16.5. The molecule has 0 atom stereocenters. The molecule has 146 valence electrons. The van der Waals surface area contributed by atoms with E-state index in [4.69, 9.17) is 16.3 Å². The Labute approximate surface area is 171 Å². The van der Waals surface area contributed by atoms with Crippen LogP contribution in [0.5, 0.6) is 0 Å². The number of aliphatic hydroxyl groups excluding tert-OH is 1. The molecular weight excluding hydrogens is 372 g/mol. The number of carbonyl (C=O) groups is 1. The Morgan fingerprint density at radius 1 is 1.04 bits per heavy atom. The molecule has 0 bridgehead atoms. The van der Waals surface area contributed by atoms with Gasteiger partial charge in [-0.3, -0.25) is 0 Å². The number of aliphatic hydroxyl groups is 1. The van der Waals surface area contributed by atoms with Crippen molar-refractivity contribution in [1.82, 2.24) is 0 Å². The van der Waals surface area contributed by atoms with Crippen LogP contribution in [0.4, 0.5) is 0 Å². The molecule has 2 aromatic rings. The van der Waals surface area contributed by atoms with Crippen LogP contribution in [-0.4, -0.2) is 16.7 Å². The fourth-order valence-electron chi connectivity index (χ4n) is 4.43. The highest BCUT2D eigenvalue weighted by Gasteiger charge is 2.50. The van der Waals surface area contributed by atoms with E-state index in [2.05, 4.69) is 13.0 Å². The fraction of sp³-hybridized carbons (Fsp3) is 0.375. The van der Waals surface area contributed by atoms with Gasteiger partial charge in [-0.1, -0.05) is 42.8 Å². The third-order valence-electron chi connectivity index (χ3n) is 6.24. The minimum Gasteiger partial charge on any atom is -0.507 e. The number of aryl methyl sites for hydroxylation is 2. The quantitative estimate of drug-likeness (QED) is 0.597. The maximum atomic E-state index is 12.7. The molecule has 3 nitrogen and oxygen atoms in total.